The van der Waals surface area contributed by atoms with Crippen LogP contribution in [0.2, 0.25) is 0 Å². The molecule has 0 fully saturated rings. The highest BCUT2D eigenvalue weighted by Gasteiger charge is 2.37. The van der Waals surface area contributed by atoms with Crippen LogP contribution in [0.5, 0.6) is 0 Å². The highest BCUT2D eigenvalue weighted by Crippen LogP contribution is 2.42. The topological polar surface area (TPSA) is 40.5 Å². The minimum absolute atomic E-state index is 0.0198. The van der Waals surface area contributed by atoms with Crippen LogP contribution in [0.1, 0.15) is 17.5 Å². The van der Waals surface area contributed by atoms with Crippen molar-refractivity contribution in [2.24, 2.45) is 0 Å². The van der Waals surface area contributed by atoms with Crippen molar-refractivity contribution >= 4 is 16.8 Å². The monoisotopic (exact) mass is 238 g/mol. The van der Waals surface area contributed by atoms with Gasteiger partial charge in [0.25, 0.3) is 0 Å². The van der Waals surface area contributed by atoms with Gasteiger partial charge in [0, 0.05) is 6.42 Å². The van der Waals surface area contributed by atoms with Crippen LogP contribution >= 0.6 is 0 Å². The molecule has 2 aromatic rings. The van der Waals surface area contributed by atoms with Gasteiger partial charge in [-0.2, -0.15) is 0 Å². The van der Waals surface area contributed by atoms with Gasteiger partial charge >= 0.3 is 0 Å². The van der Waals surface area contributed by atoms with Crippen LogP contribution in [-0.4, -0.2) is 10.2 Å². The summed E-state index contributed by atoms with van der Waals surface area (Å²) in [7, 11) is 0. The summed E-state index contributed by atoms with van der Waals surface area (Å²) in [4.78, 5) is 0. The summed E-state index contributed by atoms with van der Waals surface area (Å²) < 4.78 is 0. The summed E-state index contributed by atoms with van der Waals surface area (Å²) in [5, 5.41) is 22.9. The van der Waals surface area contributed by atoms with Crippen molar-refractivity contribution in [3.05, 3.63) is 65.9 Å². The van der Waals surface area contributed by atoms with Gasteiger partial charge in [-0.1, -0.05) is 42.5 Å². The van der Waals surface area contributed by atoms with E-state index >= 15 is 0 Å². The third-order valence-corrected chi connectivity index (χ3v) is 3.54. The Morgan fingerprint density at radius 2 is 1.89 bits per heavy atom. The molecule has 0 bridgehead atoms. The van der Waals surface area contributed by atoms with Gasteiger partial charge in [-0.15, -0.1) is 6.58 Å². The maximum atomic E-state index is 10.7. The van der Waals surface area contributed by atoms with Gasteiger partial charge in [0.15, 0.2) is 5.60 Å². The largest absolute Gasteiger partial charge is 0.509 e. The smallest absolute Gasteiger partial charge is 0.150 e. The van der Waals surface area contributed by atoms with E-state index in [0.717, 1.165) is 21.9 Å². The molecule has 0 aliphatic heterocycles. The zero-order valence-electron chi connectivity index (χ0n) is 9.93. The Bertz CT molecular complexity index is 665. The highest BCUT2D eigenvalue weighted by atomic mass is 16.3. The van der Waals surface area contributed by atoms with E-state index in [-0.39, 0.29) is 5.76 Å². The maximum Gasteiger partial charge on any atom is 0.150 e. The predicted octanol–water partition coefficient (Wildman–Crippen LogP) is 3.52. The molecule has 2 aromatic carbocycles. The number of aliphatic hydroxyl groups is 2. The lowest BCUT2D eigenvalue weighted by Gasteiger charge is -2.31. The van der Waals surface area contributed by atoms with E-state index in [1.807, 2.05) is 36.4 Å². The molecule has 0 heterocycles. The average Bonchev–Trinajstić information content (AvgIpc) is 2.37. The van der Waals surface area contributed by atoms with Crippen LogP contribution in [0.4, 0.5) is 0 Å². The van der Waals surface area contributed by atoms with Crippen molar-refractivity contribution in [2.75, 3.05) is 0 Å². The first-order valence-electron chi connectivity index (χ1n) is 5.93. The van der Waals surface area contributed by atoms with E-state index in [2.05, 4.69) is 6.58 Å². The lowest BCUT2D eigenvalue weighted by molar-refractivity contribution is 0.0373. The van der Waals surface area contributed by atoms with E-state index in [4.69, 9.17) is 0 Å². The molecule has 18 heavy (non-hydrogen) atoms. The van der Waals surface area contributed by atoms with Gasteiger partial charge < -0.3 is 10.2 Å². The molecule has 2 N–H and O–H groups in total. The second kappa shape index (κ2) is 3.72. The Labute approximate surface area is 106 Å². The summed E-state index contributed by atoms with van der Waals surface area (Å²) in [5.74, 6) is -0.0198. The molecule has 0 amide bonds. The molecular formula is C16H14O2. The molecule has 0 radical (unpaired) electrons. The number of hydrogen-bond donors (Lipinski definition) is 2. The summed E-state index contributed by atoms with van der Waals surface area (Å²) in [6.45, 7) is 3.66. The van der Waals surface area contributed by atoms with Gasteiger partial charge in [0.2, 0.25) is 0 Å². The molecule has 0 aromatic heterocycles. The Hall–Kier alpha value is -2.06. The van der Waals surface area contributed by atoms with Crippen molar-refractivity contribution in [3.8, 4) is 0 Å². The van der Waals surface area contributed by atoms with E-state index in [9.17, 15) is 10.2 Å². The first-order valence-corrected chi connectivity index (χ1v) is 5.93. The lowest BCUT2D eigenvalue weighted by Crippen LogP contribution is -2.30. The van der Waals surface area contributed by atoms with Gasteiger partial charge in [0.05, 0.1) is 0 Å². The third kappa shape index (κ3) is 1.33. The number of rotatable bonds is 2. The summed E-state index contributed by atoms with van der Waals surface area (Å²) in [5.41, 5.74) is 0.333. The van der Waals surface area contributed by atoms with E-state index in [0.29, 0.717) is 6.42 Å². The minimum atomic E-state index is -1.35. The molecule has 2 nitrogen and oxygen atoms in total. The molecule has 0 saturated carbocycles. The van der Waals surface area contributed by atoms with Crippen LogP contribution in [-0.2, 0) is 5.60 Å². The van der Waals surface area contributed by atoms with Crippen molar-refractivity contribution < 1.29 is 10.2 Å². The number of hydrogen-bond acceptors (Lipinski definition) is 2. The van der Waals surface area contributed by atoms with E-state index < -0.39 is 5.60 Å². The quantitative estimate of drug-likeness (QED) is 0.786. The SMILES string of the molecule is C=CCC1(O)C(O)=Cc2cccc3cccc1c23. The minimum Gasteiger partial charge on any atom is -0.509 e. The zero-order chi connectivity index (χ0) is 12.8. The van der Waals surface area contributed by atoms with Gasteiger partial charge in [-0.3, -0.25) is 0 Å². The molecule has 0 spiro atoms. The molecule has 2 heteroatoms. The fraction of sp³-hybridized carbons (Fsp3) is 0.125. The third-order valence-electron chi connectivity index (χ3n) is 3.54. The van der Waals surface area contributed by atoms with Crippen molar-refractivity contribution in [1.29, 1.82) is 0 Å². The van der Waals surface area contributed by atoms with Crippen molar-refractivity contribution in [2.45, 2.75) is 12.0 Å². The molecule has 0 saturated heterocycles. The molecule has 1 aliphatic rings. The summed E-state index contributed by atoms with van der Waals surface area (Å²) in [6.07, 6.45) is 3.55. The lowest BCUT2D eigenvalue weighted by atomic mass is 9.79. The number of benzene rings is 2. The molecular weight excluding hydrogens is 224 g/mol. The normalized spacial score (nSPS) is 21.7. The standard InChI is InChI=1S/C16H14O2/c1-2-9-16(18)13-8-4-6-11-5-3-7-12(15(11)13)10-14(16)17/h2-8,10,17-18H,1,9H2. The van der Waals surface area contributed by atoms with Crippen LogP contribution in [0.3, 0.4) is 0 Å². The van der Waals surface area contributed by atoms with Crippen molar-refractivity contribution in [1.82, 2.24) is 0 Å². The molecule has 90 valence electrons. The van der Waals surface area contributed by atoms with Crippen LogP contribution in [0.15, 0.2) is 54.8 Å². The average molecular weight is 238 g/mol. The van der Waals surface area contributed by atoms with Gasteiger partial charge in [-0.05, 0) is 28.0 Å². The zero-order valence-corrected chi connectivity index (χ0v) is 9.93. The number of aliphatic hydroxyl groups excluding tert-OH is 1. The van der Waals surface area contributed by atoms with Crippen LogP contribution in [0.25, 0.3) is 16.8 Å². The second-order valence-electron chi connectivity index (χ2n) is 4.63. The molecule has 1 aliphatic carbocycles. The summed E-state index contributed by atoms with van der Waals surface area (Å²) >= 11 is 0. The van der Waals surface area contributed by atoms with E-state index in [1.54, 1.807) is 12.2 Å². The Balaban J connectivity index is 2.42. The Kier molecular flexibility index (Phi) is 2.28. The van der Waals surface area contributed by atoms with Gasteiger partial charge in [0.1, 0.15) is 5.76 Å². The highest BCUT2D eigenvalue weighted by molar-refractivity contribution is 5.96. The molecule has 1 unspecified atom stereocenters. The maximum absolute atomic E-state index is 10.7. The second-order valence-corrected chi connectivity index (χ2v) is 4.63. The first-order chi connectivity index (χ1) is 8.66. The first kappa shape index (κ1) is 11.1. The Morgan fingerprint density at radius 1 is 1.17 bits per heavy atom. The van der Waals surface area contributed by atoms with Gasteiger partial charge in [-0.25, -0.2) is 0 Å². The predicted molar refractivity (Wildman–Crippen MR) is 73.3 cm³/mol. The molecule has 3 rings (SSSR count). The van der Waals surface area contributed by atoms with Crippen LogP contribution < -0.4 is 0 Å². The van der Waals surface area contributed by atoms with E-state index in [1.165, 1.54) is 0 Å². The molecule has 1 atom stereocenters. The van der Waals surface area contributed by atoms with Crippen LogP contribution in [0, 0.1) is 0 Å². The fourth-order valence-corrected chi connectivity index (χ4v) is 2.66. The fourth-order valence-electron chi connectivity index (χ4n) is 2.66. The summed E-state index contributed by atoms with van der Waals surface area (Å²) in [6, 6.07) is 11.7. The Morgan fingerprint density at radius 3 is 2.61 bits per heavy atom. The van der Waals surface area contributed by atoms with Crippen molar-refractivity contribution in [3.63, 3.8) is 0 Å².